The maximum Gasteiger partial charge on any atom is 0.122 e. The number of aryl methyl sites for hydroxylation is 1. The molecule has 3 nitrogen and oxygen atoms in total. The molecule has 2 aromatic carbocycles. The van der Waals surface area contributed by atoms with Crippen LogP contribution in [0.4, 0.5) is 0 Å². The number of hydrogen-bond donors (Lipinski definition) is 1. The lowest BCUT2D eigenvalue weighted by Crippen LogP contribution is -2.10. The van der Waals surface area contributed by atoms with E-state index in [2.05, 4.69) is 37.4 Å². The highest BCUT2D eigenvalue weighted by molar-refractivity contribution is 5.38. The molecule has 0 fully saturated rings. The van der Waals surface area contributed by atoms with Crippen molar-refractivity contribution in [3.8, 4) is 11.5 Å². The van der Waals surface area contributed by atoms with Gasteiger partial charge in [0.2, 0.25) is 0 Å². The molecule has 0 amide bonds. The second-order valence-electron chi connectivity index (χ2n) is 5.07. The molecule has 112 valence electrons. The van der Waals surface area contributed by atoms with Crippen molar-refractivity contribution in [3.05, 3.63) is 59.2 Å². The van der Waals surface area contributed by atoms with Crippen molar-refractivity contribution < 1.29 is 9.47 Å². The van der Waals surface area contributed by atoms with E-state index >= 15 is 0 Å². The summed E-state index contributed by atoms with van der Waals surface area (Å²) in [6, 6.07) is 14.2. The summed E-state index contributed by atoms with van der Waals surface area (Å²) >= 11 is 0. The highest BCUT2D eigenvalue weighted by Gasteiger charge is 2.02. The molecule has 3 heteroatoms. The Balaban J connectivity index is 1.82. The van der Waals surface area contributed by atoms with Gasteiger partial charge in [-0.05, 0) is 55.8 Å². The van der Waals surface area contributed by atoms with Gasteiger partial charge in [0.1, 0.15) is 24.7 Å². The molecule has 2 rings (SSSR count). The highest BCUT2D eigenvalue weighted by Crippen LogP contribution is 2.20. The van der Waals surface area contributed by atoms with Crippen LogP contribution in [0.3, 0.4) is 0 Å². The number of benzene rings is 2. The minimum absolute atomic E-state index is 0.538. The van der Waals surface area contributed by atoms with Gasteiger partial charge in [0.15, 0.2) is 0 Å². The zero-order chi connectivity index (χ0) is 15.1. The first-order valence-electron chi connectivity index (χ1n) is 7.26. The third-order valence-electron chi connectivity index (χ3n) is 3.44. The number of rotatable bonds is 7. The summed E-state index contributed by atoms with van der Waals surface area (Å²) in [6.07, 6.45) is 0. The van der Waals surface area contributed by atoms with Crippen molar-refractivity contribution in [2.24, 2.45) is 0 Å². The van der Waals surface area contributed by atoms with Gasteiger partial charge in [0.05, 0.1) is 0 Å². The van der Waals surface area contributed by atoms with E-state index in [-0.39, 0.29) is 0 Å². The van der Waals surface area contributed by atoms with E-state index in [1.807, 2.05) is 31.3 Å². The lowest BCUT2D eigenvalue weighted by molar-refractivity contribution is 0.216. The molecular formula is C18H23NO2. The first-order valence-corrected chi connectivity index (χ1v) is 7.26. The van der Waals surface area contributed by atoms with Crippen LogP contribution in [-0.4, -0.2) is 20.3 Å². The summed E-state index contributed by atoms with van der Waals surface area (Å²) in [5, 5.41) is 3.13. The Kier molecular flexibility index (Phi) is 5.64. The summed E-state index contributed by atoms with van der Waals surface area (Å²) in [4.78, 5) is 0. The maximum atomic E-state index is 5.78. The Morgan fingerprint density at radius 1 is 0.952 bits per heavy atom. The summed E-state index contributed by atoms with van der Waals surface area (Å²) in [5.41, 5.74) is 3.65. The summed E-state index contributed by atoms with van der Waals surface area (Å²) in [6.45, 7) is 6.09. The molecule has 0 saturated heterocycles. The summed E-state index contributed by atoms with van der Waals surface area (Å²) in [7, 11) is 1.94. The fourth-order valence-electron chi connectivity index (χ4n) is 2.14. The predicted octanol–water partition coefficient (Wildman–Crippen LogP) is 3.48. The van der Waals surface area contributed by atoms with Crippen LogP contribution in [0.25, 0.3) is 0 Å². The van der Waals surface area contributed by atoms with E-state index in [1.54, 1.807) is 0 Å². The van der Waals surface area contributed by atoms with Crippen LogP contribution in [-0.2, 0) is 6.54 Å². The third-order valence-corrected chi connectivity index (χ3v) is 3.44. The molecule has 0 atom stereocenters. The van der Waals surface area contributed by atoms with Crippen LogP contribution >= 0.6 is 0 Å². The summed E-state index contributed by atoms with van der Waals surface area (Å²) in [5.74, 6) is 1.81. The van der Waals surface area contributed by atoms with Gasteiger partial charge < -0.3 is 14.8 Å². The van der Waals surface area contributed by atoms with Crippen molar-refractivity contribution in [1.29, 1.82) is 0 Å². The van der Waals surface area contributed by atoms with E-state index in [0.717, 1.165) is 18.0 Å². The molecule has 0 aliphatic rings. The van der Waals surface area contributed by atoms with Crippen molar-refractivity contribution in [3.63, 3.8) is 0 Å². The SMILES string of the molecule is CNCc1cccc(OCCOc2cccc(C)c2C)c1. The molecule has 0 unspecified atom stereocenters. The van der Waals surface area contributed by atoms with Gasteiger partial charge in [0, 0.05) is 6.54 Å². The van der Waals surface area contributed by atoms with Crippen LogP contribution in [0.15, 0.2) is 42.5 Å². The molecule has 0 aliphatic carbocycles. The van der Waals surface area contributed by atoms with Gasteiger partial charge >= 0.3 is 0 Å². The van der Waals surface area contributed by atoms with E-state index in [0.29, 0.717) is 13.2 Å². The fraction of sp³-hybridized carbons (Fsp3) is 0.333. The molecule has 0 saturated carbocycles. The highest BCUT2D eigenvalue weighted by atomic mass is 16.5. The molecule has 21 heavy (non-hydrogen) atoms. The van der Waals surface area contributed by atoms with Crippen molar-refractivity contribution in [1.82, 2.24) is 5.32 Å². The van der Waals surface area contributed by atoms with Gasteiger partial charge in [-0.2, -0.15) is 0 Å². The molecule has 0 aliphatic heterocycles. The normalized spacial score (nSPS) is 10.4. The molecule has 0 bridgehead atoms. The smallest absolute Gasteiger partial charge is 0.122 e. The lowest BCUT2D eigenvalue weighted by Gasteiger charge is -2.12. The molecule has 0 radical (unpaired) electrons. The Bertz CT molecular complexity index is 581. The van der Waals surface area contributed by atoms with E-state index in [1.165, 1.54) is 16.7 Å². The fourth-order valence-corrected chi connectivity index (χ4v) is 2.14. The van der Waals surface area contributed by atoms with Gasteiger partial charge in [-0.1, -0.05) is 24.3 Å². The number of ether oxygens (including phenoxy) is 2. The van der Waals surface area contributed by atoms with E-state index < -0.39 is 0 Å². The average molecular weight is 285 g/mol. The quantitative estimate of drug-likeness (QED) is 0.790. The van der Waals surface area contributed by atoms with Crippen LogP contribution in [0.5, 0.6) is 11.5 Å². The topological polar surface area (TPSA) is 30.5 Å². The molecule has 0 aromatic heterocycles. The molecule has 1 N–H and O–H groups in total. The second-order valence-corrected chi connectivity index (χ2v) is 5.07. The Hall–Kier alpha value is -2.00. The lowest BCUT2D eigenvalue weighted by atomic mass is 10.1. The van der Waals surface area contributed by atoms with Gasteiger partial charge in [-0.3, -0.25) is 0 Å². The Labute approximate surface area is 126 Å². The zero-order valence-electron chi connectivity index (χ0n) is 13.0. The molecule has 0 spiro atoms. The van der Waals surface area contributed by atoms with Crippen molar-refractivity contribution >= 4 is 0 Å². The minimum Gasteiger partial charge on any atom is -0.490 e. The molecule has 2 aromatic rings. The molecular weight excluding hydrogens is 262 g/mol. The van der Waals surface area contributed by atoms with Crippen LogP contribution in [0.1, 0.15) is 16.7 Å². The van der Waals surface area contributed by atoms with Crippen molar-refractivity contribution in [2.75, 3.05) is 20.3 Å². The van der Waals surface area contributed by atoms with E-state index in [9.17, 15) is 0 Å². The van der Waals surface area contributed by atoms with Crippen LogP contribution in [0, 0.1) is 13.8 Å². The average Bonchev–Trinajstić information content (AvgIpc) is 2.48. The maximum absolute atomic E-state index is 5.78. The number of nitrogens with one attached hydrogen (secondary N) is 1. The van der Waals surface area contributed by atoms with Crippen LogP contribution < -0.4 is 14.8 Å². The predicted molar refractivity (Wildman–Crippen MR) is 86.1 cm³/mol. The monoisotopic (exact) mass is 285 g/mol. The number of hydrogen-bond acceptors (Lipinski definition) is 3. The zero-order valence-corrected chi connectivity index (χ0v) is 13.0. The second kappa shape index (κ2) is 7.70. The van der Waals surface area contributed by atoms with Gasteiger partial charge in [0.25, 0.3) is 0 Å². The van der Waals surface area contributed by atoms with Crippen molar-refractivity contribution in [2.45, 2.75) is 20.4 Å². The van der Waals surface area contributed by atoms with Gasteiger partial charge in [-0.25, -0.2) is 0 Å². The molecule has 0 heterocycles. The van der Waals surface area contributed by atoms with Gasteiger partial charge in [-0.15, -0.1) is 0 Å². The first kappa shape index (κ1) is 15.4. The van der Waals surface area contributed by atoms with E-state index in [4.69, 9.17) is 9.47 Å². The third kappa shape index (κ3) is 4.50. The first-order chi connectivity index (χ1) is 10.2. The Morgan fingerprint density at radius 2 is 1.71 bits per heavy atom. The summed E-state index contributed by atoms with van der Waals surface area (Å²) < 4.78 is 11.5. The Morgan fingerprint density at radius 3 is 2.52 bits per heavy atom. The largest absolute Gasteiger partial charge is 0.490 e. The minimum atomic E-state index is 0.538. The van der Waals surface area contributed by atoms with Crippen LogP contribution in [0.2, 0.25) is 0 Å². The standard InChI is InChI=1S/C18H23NO2/c1-14-6-4-9-18(15(14)2)21-11-10-20-17-8-5-7-16(12-17)13-19-3/h4-9,12,19H,10-11,13H2,1-3H3.